The molecule has 0 saturated heterocycles. The van der Waals surface area contributed by atoms with Crippen LogP contribution >= 0.6 is 11.6 Å². The summed E-state index contributed by atoms with van der Waals surface area (Å²) in [6.45, 7) is 4.06. The van der Waals surface area contributed by atoms with Crippen LogP contribution in [0.5, 0.6) is 0 Å². The number of nitrogens with one attached hydrogen (secondary N) is 1. The minimum absolute atomic E-state index is 0.0644. The molecule has 3 aromatic rings. The Hall–Kier alpha value is -4.21. The number of nitriles is 1. The molecule has 34 heavy (non-hydrogen) atoms. The molecule has 7 heteroatoms. The molecule has 6 nitrogen and oxygen atoms in total. The molecule has 0 fully saturated rings. The third kappa shape index (κ3) is 4.09. The predicted molar refractivity (Wildman–Crippen MR) is 136 cm³/mol. The predicted octanol–water partition coefficient (Wildman–Crippen LogP) is 6.10. The Bertz CT molecular complexity index is 1580. The highest BCUT2D eigenvalue weighted by atomic mass is 35.5. The zero-order valence-corrected chi connectivity index (χ0v) is 19.5. The van der Waals surface area contributed by atoms with Gasteiger partial charge in [0.1, 0.15) is 11.9 Å². The highest BCUT2D eigenvalue weighted by Gasteiger charge is 2.17. The van der Waals surface area contributed by atoms with Gasteiger partial charge in [0.05, 0.1) is 39.0 Å². The molecule has 0 atom stereocenters. The normalized spacial score (nSPS) is 11.8. The van der Waals surface area contributed by atoms with E-state index in [9.17, 15) is 5.26 Å². The number of para-hydroxylation sites is 2. The molecule has 1 aromatic heterocycles. The molecule has 0 saturated carbocycles. The van der Waals surface area contributed by atoms with Crippen molar-refractivity contribution >= 4 is 34.1 Å². The van der Waals surface area contributed by atoms with Gasteiger partial charge in [-0.1, -0.05) is 23.7 Å². The van der Waals surface area contributed by atoms with Crippen LogP contribution in [0.15, 0.2) is 84.0 Å². The van der Waals surface area contributed by atoms with Crippen molar-refractivity contribution in [2.75, 3.05) is 5.32 Å². The zero-order valence-electron chi connectivity index (χ0n) is 18.7. The molecule has 2 heterocycles. The maximum atomic E-state index is 9.50. The van der Waals surface area contributed by atoms with Crippen molar-refractivity contribution in [1.29, 1.82) is 5.26 Å². The number of hydrogen-bond acceptors (Lipinski definition) is 5. The second-order valence-corrected chi connectivity index (χ2v) is 8.57. The van der Waals surface area contributed by atoms with Crippen LogP contribution in [-0.2, 0) is 0 Å². The Morgan fingerprint density at radius 3 is 2.59 bits per heavy atom. The van der Waals surface area contributed by atoms with Crippen LogP contribution in [0.1, 0.15) is 19.4 Å². The summed E-state index contributed by atoms with van der Waals surface area (Å²) in [4.78, 5) is 14.1. The number of benzene rings is 3. The fraction of sp³-hybridized carbons (Fsp3) is 0.111. The Balaban J connectivity index is 1.82. The van der Waals surface area contributed by atoms with Crippen LogP contribution in [0.2, 0.25) is 5.02 Å². The lowest BCUT2D eigenvalue weighted by molar-refractivity contribution is 0.805. The average molecular weight is 465 g/mol. The zero-order chi connectivity index (χ0) is 23.7. The quantitative estimate of drug-likeness (QED) is 0.326. The van der Waals surface area contributed by atoms with Gasteiger partial charge in [-0.05, 0) is 74.5 Å². The first-order valence-electron chi connectivity index (χ1n) is 10.9. The molecule has 2 aromatic carbocycles. The minimum Gasteiger partial charge on any atom is -0.337 e. The maximum absolute atomic E-state index is 9.50. The monoisotopic (exact) mass is 464 g/mol. The number of nitrogens with zero attached hydrogens (tertiary/aromatic N) is 5. The SMILES string of the molecule is CC(C)/N=c1\cc2n(-c3ccc(Cl)cc3)c3ccccc3nc-2cc1Nc1ncccc1C#N. The Morgan fingerprint density at radius 2 is 1.82 bits per heavy atom. The van der Waals surface area contributed by atoms with Gasteiger partial charge >= 0.3 is 0 Å². The van der Waals surface area contributed by atoms with E-state index in [0.717, 1.165) is 39.2 Å². The smallest absolute Gasteiger partial charge is 0.148 e. The van der Waals surface area contributed by atoms with E-state index >= 15 is 0 Å². The lowest BCUT2D eigenvalue weighted by Gasteiger charge is -2.20. The first-order valence-corrected chi connectivity index (χ1v) is 11.3. The molecule has 0 radical (unpaired) electrons. The number of fused-ring (bicyclic) bond motifs is 2. The van der Waals surface area contributed by atoms with Gasteiger partial charge in [-0.25, -0.2) is 9.97 Å². The number of anilines is 2. The van der Waals surface area contributed by atoms with Crippen molar-refractivity contribution in [2.45, 2.75) is 19.9 Å². The molecule has 2 aliphatic rings. The van der Waals surface area contributed by atoms with Gasteiger partial charge < -0.3 is 9.88 Å². The number of pyridine rings is 1. The summed E-state index contributed by atoms with van der Waals surface area (Å²) in [7, 11) is 0. The van der Waals surface area contributed by atoms with Crippen molar-refractivity contribution in [1.82, 2.24) is 14.5 Å². The fourth-order valence-electron chi connectivity index (χ4n) is 3.92. The Morgan fingerprint density at radius 1 is 1.03 bits per heavy atom. The van der Waals surface area contributed by atoms with E-state index in [1.54, 1.807) is 18.3 Å². The van der Waals surface area contributed by atoms with Crippen LogP contribution in [0.3, 0.4) is 0 Å². The number of aromatic nitrogens is 3. The van der Waals surface area contributed by atoms with E-state index in [4.69, 9.17) is 21.6 Å². The summed E-state index contributed by atoms with van der Waals surface area (Å²) in [6, 6.07) is 25.5. The van der Waals surface area contributed by atoms with E-state index in [1.165, 1.54) is 0 Å². The van der Waals surface area contributed by atoms with Crippen LogP contribution in [0, 0.1) is 11.3 Å². The van der Waals surface area contributed by atoms with Gasteiger partial charge in [-0.3, -0.25) is 4.99 Å². The average Bonchev–Trinajstić information content (AvgIpc) is 2.84. The summed E-state index contributed by atoms with van der Waals surface area (Å²) in [5.41, 5.74) is 5.70. The second kappa shape index (κ2) is 8.97. The van der Waals surface area contributed by atoms with Crippen molar-refractivity contribution in [3.05, 3.63) is 94.9 Å². The topological polar surface area (TPSA) is 78.9 Å². The summed E-state index contributed by atoms with van der Waals surface area (Å²) in [5.74, 6) is 0.482. The summed E-state index contributed by atoms with van der Waals surface area (Å²) >= 11 is 6.17. The molecule has 1 aliphatic carbocycles. The van der Waals surface area contributed by atoms with Gasteiger partial charge in [0.15, 0.2) is 0 Å². The van der Waals surface area contributed by atoms with Crippen molar-refractivity contribution in [2.24, 2.45) is 4.99 Å². The third-order valence-electron chi connectivity index (χ3n) is 5.36. The molecular weight excluding hydrogens is 444 g/mol. The van der Waals surface area contributed by atoms with Crippen LogP contribution in [-0.4, -0.2) is 20.6 Å². The molecule has 166 valence electrons. The molecule has 0 amide bonds. The highest BCUT2D eigenvalue weighted by Crippen LogP contribution is 2.31. The summed E-state index contributed by atoms with van der Waals surface area (Å²) in [5, 5.41) is 14.3. The molecule has 0 spiro atoms. The van der Waals surface area contributed by atoms with E-state index in [2.05, 4.69) is 27.0 Å². The first kappa shape index (κ1) is 21.6. The van der Waals surface area contributed by atoms with Crippen LogP contribution < -0.4 is 10.7 Å². The van der Waals surface area contributed by atoms with E-state index in [-0.39, 0.29) is 6.04 Å². The second-order valence-electron chi connectivity index (χ2n) is 8.13. The standard InChI is InChI=1S/C27H21ClN6/c1-17(2)31-23-15-26-24(14-22(23)33-27-18(16-29)6-5-13-30-27)32-21-7-3-4-8-25(21)34(26)20-11-9-19(28)10-12-20/h3-15,17H,1-2H3,(H,30,33)/b31-23+. The molecule has 0 bridgehead atoms. The Kier molecular flexibility index (Phi) is 5.70. The molecule has 1 N–H and O–H groups in total. The lowest BCUT2D eigenvalue weighted by atomic mass is 10.1. The van der Waals surface area contributed by atoms with Gasteiger partial charge in [0.25, 0.3) is 0 Å². The maximum Gasteiger partial charge on any atom is 0.148 e. The van der Waals surface area contributed by atoms with E-state index in [0.29, 0.717) is 16.4 Å². The molecule has 5 rings (SSSR count). The largest absolute Gasteiger partial charge is 0.337 e. The fourth-order valence-corrected chi connectivity index (χ4v) is 4.04. The van der Waals surface area contributed by atoms with Crippen LogP contribution in [0.25, 0.3) is 28.1 Å². The van der Waals surface area contributed by atoms with Crippen molar-refractivity contribution < 1.29 is 0 Å². The highest BCUT2D eigenvalue weighted by molar-refractivity contribution is 6.30. The minimum atomic E-state index is 0.0644. The van der Waals surface area contributed by atoms with Crippen molar-refractivity contribution in [3.8, 4) is 23.1 Å². The van der Waals surface area contributed by atoms with Gasteiger partial charge in [-0.15, -0.1) is 0 Å². The summed E-state index contributed by atoms with van der Waals surface area (Å²) in [6.07, 6.45) is 1.66. The van der Waals surface area contributed by atoms with E-state index < -0.39 is 0 Å². The third-order valence-corrected chi connectivity index (χ3v) is 5.61. The van der Waals surface area contributed by atoms with Gasteiger partial charge in [0, 0.05) is 22.9 Å². The first-order chi connectivity index (χ1) is 16.5. The number of rotatable bonds is 4. The van der Waals surface area contributed by atoms with Crippen LogP contribution in [0.4, 0.5) is 11.5 Å². The number of hydrogen-bond donors (Lipinski definition) is 1. The van der Waals surface area contributed by atoms with Crippen molar-refractivity contribution in [3.63, 3.8) is 0 Å². The van der Waals surface area contributed by atoms with Gasteiger partial charge in [0.2, 0.25) is 0 Å². The summed E-state index contributed by atoms with van der Waals surface area (Å²) < 4.78 is 2.17. The van der Waals surface area contributed by atoms with E-state index in [1.807, 2.05) is 68.4 Å². The molecule has 1 aliphatic heterocycles. The molecular formula is C27H21ClN6. The van der Waals surface area contributed by atoms with Gasteiger partial charge in [-0.2, -0.15) is 5.26 Å². The molecule has 0 unspecified atom stereocenters. The lowest BCUT2D eigenvalue weighted by Crippen LogP contribution is -2.17. The Labute approximate surface area is 202 Å². The number of halogens is 1.